The quantitative estimate of drug-likeness (QED) is 0.614. The first-order valence-electron chi connectivity index (χ1n) is 11.8. The molecular formula is C26H30FNO2S. The minimum absolute atomic E-state index is 0.0358. The van der Waals surface area contributed by atoms with Gasteiger partial charge in [0.2, 0.25) is 0 Å². The molecule has 31 heavy (non-hydrogen) atoms. The van der Waals surface area contributed by atoms with Crippen LogP contribution in [0.5, 0.6) is 0 Å². The molecule has 3 saturated carbocycles. The van der Waals surface area contributed by atoms with E-state index in [-0.39, 0.29) is 22.6 Å². The van der Waals surface area contributed by atoms with Crippen LogP contribution in [0.15, 0.2) is 24.3 Å². The van der Waals surface area contributed by atoms with Crippen LogP contribution >= 0.6 is 11.3 Å². The van der Waals surface area contributed by atoms with Gasteiger partial charge in [0, 0.05) is 28.2 Å². The van der Waals surface area contributed by atoms with Crippen molar-refractivity contribution < 1.29 is 14.3 Å². The van der Waals surface area contributed by atoms with Crippen LogP contribution in [0.1, 0.15) is 68.9 Å². The van der Waals surface area contributed by atoms with Crippen molar-refractivity contribution >= 4 is 17.1 Å². The number of nitrogens with zero attached hydrogens (tertiary/aromatic N) is 1. The third kappa shape index (κ3) is 2.72. The molecule has 1 aromatic carbocycles. The van der Waals surface area contributed by atoms with Crippen molar-refractivity contribution in [2.75, 3.05) is 0 Å². The third-order valence-electron chi connectivity index (χ3n) is 9.58. The van der Waals surface area contributed by atoms with Crippen LogP contribution in [-0.4, -0.2) is 22.0 Å². The summed E-state index contributed by atoms with van der Waals surface area (Å²) in [7, 11) is 0. The highest BCUT2D eigenvalue weighted by molar-refractivity contribution is 7.15. The van der Waals surface area contributed by atoms with Crippen molar-refractivity contribution in [1.82, 2.24) is 4.98 Å². The molecule has 5 heteroatoms. The van der Waals surface area contributed by atoms with Gasteiger partial charge in [-0.15, -0.1) is 11.3 Å². The van der Waals surface area contributed by atoms with Gasteiger partial charge in [0.05, 0.1) is 11.8 Å². The molecule has 2 aromatic rings. The molecule has 0 amide bonds. The Morgan fingerprint density at radius 3 is 2.81 bits per heavy atom. The highest BCUT2D eigenvalue weighted by Crippen LogP contribution is 2.67. The molecule has 7 atom stereocenters. The van der Waals surface area contributed by atoms with E-state index in [0.29, 0.717) is 23.5 Å². The lowest BCUT2D eigenvalue weighted by molar-refractivity contribution is -0.142. The molecule has 1 heterocycles. The number of thiazole rings is 1. The fourth-order valence-electron chi connectivity index (χ4n) is 8.02. The molecule has 0 spiro atoms. The molecular weight excluding hydrogens is 409 g/mol. The van der Waals surface area contributed by atoms with Gasteiger partial charge in [-0.3, -0.25) is 4.79 Å². The molecule has 0 bridgehead atoms. The number of Topliss-reactive ketones (excluding diaryl/α,β-unsaturated/α-hetero) is 1. The smallest absolute Gasteiger partial charge is 0.139 e. The lowest BCUT2D eigenvalue weighted by Crippen LogP contribution is -2.56. The first-order chi connectivity index (χ1) is 14.8. The molecule has 0 unspecified atom stereocenters. The van der Waals surface area contributed by atoms with Crippen molar-refractivity contribution in [3.8, 4) is 10.6 Å². The normalized spacial score (nSPS) is 41.3. The van der Waals surface area contributed by atoms with Crippen LogP contribution in [0.2, 0.25) is 0 Å². The maximum absolute atomic E-state index is 13.8. The highest BCUT2D eigenvalue weighted by atomic mass is 32.1. The summed E-state index contributed by atoms with van der Waals surface area (Å²) in [6, 6.07) is 6.66. The number of hydrogen-bond donors (Lipinski definition) is 1. The number of carbonyl (C=O) groups is 1. The predicted octanol–water partition coefficient (Wildman–Crippen LogP) is 5.76. The summed E-state index contributed by atoms with van der Waals surface area (Å²) in [5.74, 6) is 1.73. The van der Waals surface area contributed by atoms with E-state index in [0.717, 1.165) is 61.2 Å². The Balaban J connectivity index is 1.38. The first kappa shape index (κ1) is 20.0. The first-order valence-corrected chi connectivity index (χ1v) is 12.6. The number of aliphatic hydroxyl groups excluding tert-OH is 1. The largest absolute Gasteiger partial charge is 0.392 e. The van der Waals surface area contributed by atoms with Crippen LogP contribution in [0.4, 0.5) is 4.39 Å². The van der Waals surface area contributed by atoms with Crippen molar-refractivity contribution in [3.05, 3.63) is 40.7 Å². The number of aromatic nitrogens is 1. The SMILES string of the molecule is C[C@]12CCc3nc(-c4cccc(F)c4)sc3[C@@H]1[C@@H](O)C[C@@H]1[C@@H]2CC[C@]2(C)C(=O)CC[C@@H]12. The van der Waals surface area contributed by atoms with Crippen molar-refractivity contribution in [2.24, 2.45) is 28.6 Å². The Hall–Kier alpha value is -1.59. The number of carbonyl (C=O) groups excluding carboxylic acids is 1. The average Bonchev–Trinajstić information content (AvgIpc) is 3.29. The Morgan fingerprint density at radius 1 is 1.16 bits per heavy atom. The van der Waals surface area contributed by atoms with Gasteiger partial charge in [-0.25, -0.2) is 9.37 Å². The minimum atomic E-state index is -0.399. The standard InChI is InChI=1S/C26H30FNO2S/c1-25-10-8-18-16(17(25)6-7-21(25)30)13-20(29)22-23-19(9-11-26(18,22)2)28-24(31-23)14-4-3-5-15(27)12-14/h3-5,12,16-18,20,22,29H,6-11,13H2,1-2H3/t16-,17-,18-,20-,22-,25-,26+/m0/s1. The number of fused-ring (bicyclic) bond motifs is 7. The van der Waals surface area contributed by atoms with E-state index < -0.39 is 6.10 Å². The maximum atomic E-state index is 13.8. The van der Waals surface area contributed by atoms with E-state index in [4.69, 9.17) is 4.98 Å². The lowest BCUT2D eigenvalue weighted by atomic mass is 9.45. The molecule has 6 rings (SSSR count). The van der Waals surface area contributed by atoms with E-state index in [1.54, 1.807) is 23.5 Å². The topological polar surface area (TPSA) is 50.2 Å². The zero-order chi connectivity index (χ0) is 21.5. The molecule has 1 N–H and O–H groups in total. The summed E-state index contributed by atoms with van der Waals surface area (Å²) in [5.41, 5.74) is 1.79. The van der Waals surface area contributed by atoms with Crippen LogP contribution < -0.4 is 0 Å². The van der Waals surface area contributed by atoms with Crippen LogP contribution in [-0.2, 0) is 11.2 Å². The number of halogens is 1. The molecule has 4 aliphatic rings. The Morgan fingerprint density at radius 2 is 2.00 bits per heavy atom. The van der Waals surface area contributed by atoms with Crippen LogP contribution in [0, 0.1) is 34.4 Å². The van der Waals surface area contributed by atoms with E-state index in [1.807, 2.05) is 6.07 Å². The average molecular weight is 440 g/mol. The lowest BCUT2D eigenvalue weighted by Gasteiger charge is -2.60. The number of ketones is 1. The van der Waals surface area contributed by atoms with Crippen molar-refractivity contribution in [3.63, 3.8) is 0 Å². The van der Waals surface area contributed by atoms with Crippen molar-refractivity contribution in [1.29, 1.82) is 0 Å². The molecule has 164 valence electrons. The molecule has 1 aromatic heterocycles. The predicted molar refractivity (Wildman–Crippen MR) is 119 cm³/mol. The number of benzene rings is 1. The van der Waals surface area contributed by atoms with Gasteiger partial charge >= 0.3 is 0 Å². The monoisotopic (exact) mass is 439 g/mol. The van der Waals surface area contributed by atoms with Gasteiger partial charge in [-0.1, -0.05) is 26.0 Å². The molecule has 3 fully saturated rings. The number of aryl methyl sites for hydroxylation is 1. The van der Waals surface area contributed by atoms with Gasteiger partial charge in [0.25, 0.3) is 0 Å². The van der Waals surface area contributed by atoms with Gasteiger partial charge in [-0.2, -0.15) is 0 Å². The molecule has 0 aliphatic heterocycles. The molecule has 3 nitrogen and oxygen atoms in total. The second-order valence-corrected chi connectivity index (χ2v) is 12.0. The second-order valence-electron chi connectivity index (χ2n) is 10.9. The molecule has 0 saturated heterocycles. The highest BCUT2D eigenvalue weighted by Gasteiger charge is 2.62. The zero-order valence-corrected chi connectivity index (χ0v) is 19.1. The van der Waals surface area contributed by atoms with Gasteiger partial charge in [0.1, 0.15) is 16.6 Å². The summed E-state index contributed by atoms with van der Waals surface area (Å²) < 4.78 is 13.8. The Bertz CT molecular complexity index is 1070. The number of hydrogen-bond acceptors (Lipinski definition) is 4. The van der Waals surface area contributed by atoms with Gasteiger partial charge in [0.15, 0.2) is 0 Å². The molecule has 0 radical (unpaired) electrons. The van der Waals surface area contributed by atoms with E-state index in [1.165, 1.54) is 10.9 Å². The summed E-state index contributed by atoms with van der Waals surface area (Å²) >= 11 is 1.65. The fraction of sp³-hybridized carbons (Fsp3) is 0.615. The fourth-order valence-corrected chi connectivity index (χ4v) is 9.45. The number of rotatable bonds is 1. The zero-order valence-electron chi connectivity index (χ0n) is 18.2. The summed E-state index contributed by atoms with van der Waals surface area (Å²) in [5, 5.41) is 12.3. The second kappa shape index (κ2) is 6.71. The van der Waals surface area contributed by atoms with Gasteiger partial charge in [-0.05, 0) is 73.8 Å². The van der Waals surface area contributed by atoms with E-state index in [9.17, 15) is 14.3 Å². The Kier molecular flexibility index (Phi) is 4.34. The summed E-state index contributed by atoms with van der Waals surface area (Å²) in [6.45, 7) is 4.58. The number of aliphatic hydroxyl groups is 1. The molecule has 4 aliphatic carbocycles. The van der Waals surface area contributed by atoms with Crippen molar-refractivity contribution in [2.45, 2.75) is 70.8 Å². The minimum Gasteiger partial charge on any atom is -0.392 e. The van der Waals surface area contributed by atoms with E-state index in [2.05, 4.69) is 13.8 Å². The third-order valence-corrected chi connectivity index (χ3v) is 10.8. The van der Waals surface area contributed by atoms with Gasteiger partial charge < -0.3 is 5.11 Å². The van der Waals surface area contributed by atoms with Crippen LogP contribution in [0.3, 0.4) is 0 Å². The summed E-state index contributed by atoms with van der Waals surface area (Å²) in [4.78, 5) is 18.8. The summed E-state index contributed by atoms with van der Waals surface area (Å²) in [6.07, 6.45) is 6.16. The van der Waals surface area contributed by atoms with Crippen LogP contribution in [0.25, 0.3) is 10.6 Å². The Labute approximate surface area is 187 Å². The van der Waals surface area contributed by atoms with E-state index >= 15 is 0 Å². The maximum Gasteiger partial charge on any atom is 0.139 e.